The molecule has 2 aromatic rings. The molecule has 35 heavy (non-hydrogen) atoms. The van der Waals surface area contributed by atoms with Gasteiger partial charge in [0.15, 0.2) is 0 Å². The molecule has 0 aliphatic carbocycles. The maximum Gasteiger partial charge on any atom is 0.253 e. The van der Waals surface area contributed by atoms with Crippen LogP contribution < -0.4 is 4.74 Å². The lowest BCUT2D eigenvalue weighted by atomic mass is 10.0. The van der Waals surface area contributed by atoms with Crippen LogP contribution in [0.4, 0.5) is 0 Å². The quantitative estimate of drug-likeness (QED) is 0.594. The van der Waals surface area contributed by atoms with E-state index in [4.69, 9.17) is 4.74 Å². The smallest absolute Gasteiger partial charge is 0.253 e. The number of benzene rings is 1. The van der Waals surface area contributed by atoms with Crippen molar-refractivity contribution in [2.45, 2.75) is 43.9 Å². The van der Waals surface area contributed by atoms with Gasteiger partial charge in [-0.1, -0.05) is 18.8 Å². The molecule has 0 fully saturated rings. The summed E-state index contributed by atoms with van der Waals surface area (Å²) in [7, 11) is -2.32. The number of ether oxygens (including phenoxy) is 1. The van der Waals surface area contributed by atoms with Crippen molar-refractivity contribution in [1.29, 1.82) is 0 Å². The number of likely N-dealkylation sites (N-methyl/N-ethyl adjacent to an activating group) is 1. The van der Waals surface area contributed by atoms with Gasteiger partial charge in [-0.2, -0.15) is 4.31 Å². The Hall–Kier alpha value is -2.97. The SMILES string of the molecule is C[C@@H]1CN([C@@H](C)CO)S(=O)(=O)c2ccc(C#C[C@@H](C)O)cc2O[C@@H]1CN(C)C(=O)c1ccncc1. The van der Waals surface area contributed by atoms with Gasteiger partial charge in [0, 0.05) is 49.1 Å². The second-order valence-electron chi connectivity index (χ2n) is 8.77. The maximum absolute atomic E-state index is 13.5. The van der Waals surface area contributed by atoms with Gasteiger partial charge in [-0.3, -0.25) is 9.78 Å². The maximum atomic E-state index is 13.5. The first-order chi connectivity index (χ1) is 16.5. The van der Waals surface area contributed by atoms with Gasteiger partial charge in [-0.15, -0.1) is 0 Å². The largest absolute Gasteiger partial charge is 0.487 e. The van der Waals surface area contributed by atoms with Crippen LogP contribution in [0.25, 0.3) is 0 Å². The Morgan fingerprint density at radius 1 is 1.29 bits per heavy atom. The highest BCUT2D eigenvalue weighted by Crippen LogP contribution is 2.34. The lowest BCUT2D eigenvalue weighted by Gasteiger charge is -2.37. The van der Waals surface area contributed by atoms with Gasteiger partial charge in [0.1, 0.15) is 22.9 Å². The number of sulfonamides is 1. The fraction of sp³-hybridized carbons (Fsp3) is 0.440. The summed E-state index contributed by atoms with van der Waals surface area (Å²) in [6, 6.07) is 7.10. The molecular weight excluding hydrogens is 470 g/mol. The van der Waals surface area contributed by atoms with E-state index in [1.54, 1.807) is 44.6 Å². The monoisotopic (exact) mass is 501 g/mol. The molecule has 0 saturated carbocycles. The summed E-state index contributed by atoms with van der Waals surface area (Å²) >= 11 is 0. The lowest BCUT2D eigenvalue weighted by Crippen LogP contribution is -2.50. The Labute approximate surface area is 206 Å². The van der Waals surface area contributed by atoms with Gasteiger partial charge in [-0.25, -0.2) is 8.42 Å². The Kier molecular flexibility index (Phi) is 8.51. The van der Waals surface area contributed by atoms with E-state index in [2.05, 4.69) is 16.8 Å². The summed E-state index contributed by atoms with van der Waals surface area (Å²) < 4.78 is 34.5. The highest BCUT2D eigenvalue weighted by molar-refractivity contribution is 7.89. The third kappa shape index (κ3) is 6.18. The summed E-state index contributed by atoms with van der Waals surface area (Å²) in [6.45, 7) is 4.99. The molecule has 0 bridgehead atoms. The molecule has 0 radical (unpaired) electrons. The third-order valence-corrected chi connectivity index (χ3v) is 7.84. The van der Waals surface area contributed by atoms with Crippen LogP contribution in [0, 0.1) is 17.8 Å². The Balaban J connectivity index is 2.02. The van der Waals surface area contributed by atoms with Crippen LogP contribution in [-0.4, -0.2) is 83.7 Å². The number of carbonyl (C=O) groups excluding carboxylic acids is 1. The number of rotatable bonds is 5. The molecule has 0 saturated heterocycles. The second kappa shape index (κ2) is 11.2. The fourth-order valence-electron chi connectivity index (χ4n) is 3.78. The van der Waals surface area contributed by atoms with Crippen molar-refractivity contribution < 1.29 is 28.2 Å². The minimum Gasteiger partial charge on any atom is -0.487 e. The molecule has 2 N–H and O–H groups in total. The number of carbonyl (C=O) groups is 1. The lowest BCUT2D eigenvalue weighted by molar-refractivity contribution is 0.0563. The third-order valence-electron chi connectivity index (χ3n) is 5.82. The highest BCUT2D eigenvalue weighted by atomic mass is 32.2. The summed E-state index contributed by atoms with van der Waals surface area (Å²) in [5.41, 5.74) is 0.963. The fourth-order valence-corrected chi connectivity index (χ4v) is 5.60. The van der Waals surface area contributed by atoms with Crippen molar-refractivity contribution >= 4 is 15.9 Å². The number of aromatic nitrogens is 1. The zero-order chi connectivity index (χ0) is 25.8. The standard InChI is InChI=1S/C25H31N3O6S/c1-17-14-28(18(2)16-29)35(32,33)24-8-7-20(6-5-19(3)30)13-22(24)34-23(17)15-27(4)25(31)21-9-11-26-12-10-21/h7-13,17-19,23,29-30H,14-16H2,1-4H3/t17-,18+,19-,23-/m1/s1. The van der Waals surface area contributed by atoms with Crippen LogP contribution in [0.1, 0.15) is 36.7 Å². The Morgan fingerprint density at radius 3 is 2.60 bits per heavy atom. The molecule has 188 valence electrons. The van der Waals surface area contributed by atoms with E-state index in [0.717, 1.165) is 0 Å². The van der Waals surface area contributed by atoms with Crippen LogP contribution in [0.2, 0.25) is 0 Å². The minimum atomic E-state index is -3.98. The summed E-state index contributed by atoms with van der Waals surface area (Å²) in [6.07, 6.45) is 1.69. The molecule has 3 rings (SSSR count). The molecular formula is C25H31N3O6S. The van der Waals surface area contributed by atoms with E-state index in [1.165, 1.54) is 28.3 Å². The number of nitrogens with zero attached hydrogens (tertiary/aromatic N) is 3. The molecule has 0 spiro atoms. The predicted molar refractivity (Wildman–Crippen MR) is 130 cm³/mol. The number of amides is 1. The average molecular weight is 502 g/mol. The van der Waals surface area contributed by atoms with Crippen molar-refractivity contribution in [3.05, 3.63) is 53.9 Å². The number of hydrogen-bond donors (Lipinski definition) is 2. The summed E-state index contributed by atoms with van der Waals surface area (Å²) in [5.74, 6) is 5.03. The van der Waals surface area contributed by atoms with Crippen molar-refractivity contribution in [3.8, 4) is 17.6 Å². The van der Waals surface area contributed by atoms with Gasteiger partial charge < -0.3 is 19.8 Å². The van der Waals surface area contributed by atoms with Gasteiger partial charge in [0.05, 0.1) is 13.2 Å². The average Bonchev–Trinajstić information content (AvgIpc) is 2.84. The van der Waals surface area contributed by atoms with Crippen LogP contribution in [0.3, 0.4) is 0 Å². The van der Waals surface area contributed by atoms with Crippen LogP contribution in [0.5, 0.6) is 5.75 Å². The van der Waals surface area contributed by atoms with E-state index in [1.807, 2.05) is 6.92 Å². The molecule has 4 atom stereocenters. The zero-order valence-electron chi connectivity index (χ0n) is 20.2. The van der Waals surface area contributed by atoms with E-state index < -0.39 is 28.3 Å². The van der Waals surface area contributed by atoms with Crippen LogP contribution in [0.15, 0.2) is 47.6 Å². The first-order valence-corrected chi connectivity index (χ1v) is 12.8. The van der Waals surface area contributed by atoms with E-state index >= 15 is 0 Å². The van der Waals surface area contributed by atoms with Crippen molar-refractivity contribution in [1.82, 2.24) is 14.2 Å². The molecule has 1 aromatic carbocycles. The van der Waals surface area contributed by atoms with Crippen LogP contribution in [-0.2, 0) is 10.0 Å². The number of fused-ring (bicyclic) bond motifs is 1. The van der Waals surface area contributed by atoms with Crippen LogP contribution >= 0.6 is 0 Å². The minimum absolute atomic E-state index is 0.0413. The van der Waals surface area contributed by atoms with Crippen molar-refractivity contribution in [2.75, 3.05) is 26.7 Å². The number of hydrogen-bond acceptors (Lipinski definition) is 7. The molecule has 0 unspecified atom stereocenters. The predicted octanol–water partition coefficient (Wildman–Crippen LogP) is 1.35. The van der Waals surface area contributed by atoms with E-state index in [0.29, 0.717) is 11.1 Å². The molecule has 1 amide bonds. The summed E-state index contributed by atoms with van der Waals surface area (Å²) in [4.78, 5) is 18.3. The van der Waals surface area contributed by atoms with Crippen molar-refractivity contribution in [3.63, 3.8) is 0 Å². The molecule has 1 aromatic heterocycles. The zero-order valence-corrected chi connectivity index (χ0v) is 21.1. The molecule has 9 nitrogen and oxygen atoms in total. The first-order valence-electron chi connectivity index (χ1n) is 11.3. The first kappa shape index (κ1) is 26.6. The summed E-state index contributed by atoms with van der Waals surface area (Å²) in [5, 5.41) is 19.2. The Bertz CT molecular complexity index is 1210. The molecule has 10 heteroatoms. The van der Waals surface area contributed by atoms with Gasteiger partial charge >= 0.3 is 0 Å². The van der Waals surface area contributed by atoms with E-state index in [-0.39, 0.29) is 42.2 Å². The molecule has 1 aliphatic rings. The normalized spacial score (nSPS) is 21.2. The van der Waals surface area contributed by atoms with Gasteiger partial charge in [-0.05, 0) is 44.2 Å². The topological polar surface area (TPSA) is 120 Å². The molecule has 2 heterocycles. The number of aliphatic hydroxyl groups excluding tert-OH is 2. The molecule has 1 aliphatic heterocycles. The number of pyridine rings is 1. The van der Waals surface area contributed by atoms with Gasteiger partial charge in [0.2, 0.25) is 10.0 Å². The number of aliphatic hydroxyl groups is 2. The van der Waals surface area contributed by atoms with Crippen molar-refractivity contribution in [2.24, 2.45) is 5.92 Å². The second-order valence-corrected chi connectivity index (χ2v) is 10.6. The highest BCUT2D eigenvalue weighted by Gasteiger charge is 2.38. The Morgan fingerprint density at radius 2 is 1.97 bits per heavy atom. The van der Waals surface area contributed by atoms with Gasteiger partial charge in [0.25, 0.3) is 5.91 Å². The van der Waals surface area contributed by atoms with E-state index in [9.17, 15) is 23.4 Å².